The number of hydrogen-bond acceptors (Lipinski definition) is 4. The van der Waals surface area contributed by atoms with Crippen LogP contribution in [-0.2, 0) is 0 Å². The monoisotopic (exact) mass is 216 g/mol. The van der Waals surface area contributed by atoms with Gasteiger partial charge in [0.25, 0.3) is 0 Å². The van der Waals surface area contributed by atoms with Gasteiger partial charge in [0.15, 0.2) is 0 Å². The molecule has 16 heavy (non-hydrogen) atoms. The van der Waals surface area contributed by atoms with E-state index in [4.69, 9.17) is 10.8 Å². The molecule has 5 heteroatoms. The number of anilines is 1. The largest absolute Gasteiger partial charge is 0.396 e. The number of nitrogens with zero attached hydrogens (tertiary/aromatic N) is 3. The zero-order valence-corrected chi connectivity index (χ0v) is 8.67. The van der Waals surface area contributed by atoms with Crippen LogP contribution >= 0.6 is 0 Å². The summed E-state index contributed by atoms with van der Waals surface area (Å²) in [6.07, 6.45) is 6.35. The minimum Gasteiger partial charge on any atom is -0.396 e. The predicted octanol–water partition coefficient (Wildman–Crippen LogP) is 0.867. The molecular weight excluding hydrogens is 204 g/mol. The molecule has 1 fully saturated rings. The van der Waals surface area contributed by atoms with E-state index in [-0.39, 0.29) is 6.61 Å². The summed E-state index contributed by atoms with van der Waals surface area (Å²) in [6, 6.07) is 1.90. The van der Waals surface area contributed by atoms with E-state index in [2.05, 4.69) is 9.97 Å². The lowest BCUT2D eigenvalue weighted by Crippen LogP contribution is -1.93. The fourth-order valence-electron chi connectivity index (χ4n) is 1.84. The topological polar surface area (TPSA) is 77.0 Å². The van der Waals surface area contributed by atoms with Gasteiger partial charge in [-0.25, -0.2) is 9.97 Å². The highest BCUT2D eigenvalue weighted by atomic mass is 16.3. The lowest BCUT2D eigenvalue weighted by Gasteiger charge is -1.97. The first kappa shape index (κ1) is 9.35. The van der Waals surface area contributed by atoms with Gasteiger partial charge in [0, 0.05) is 24.9 Å². The van der Waals surface area contributed by atoms with Crippen LogP contribution in [0.3, 0.4) is 0 Å². The number of nitrogens with two attached hydrogens (primary N) is 1. The molecule has 2 heterocycles. The number of aliphatic hydroxyl groups excluding tert-OH is 1. The maximum atomic E-state index is 8.97. The van der Waals surface area contributed by atoms with Crippen LogP contribution in [0.2, 0.25) is 0 Å². The van der Waals surface area contributed by atoms with Crippen molar-refractivity contribution in [2.45, 2.75) is 6.42 Å². The fourth-order valence-corrected chi connectivity index (χ4v) is 1.84. The van der Waals surface area contributed by atoms with Gasteiger partial charge in [-0.05, 0) is 18.1 Å². The molecule has 1 aliphatic carbocycles. The van der Waals surface area contributed by atoms with Crippen LogP contribution in [0.1, 0.15) is 6.42 Å². The Morgan fingerprint density at radius 1 is 1.56 bits per heavy atom. The van der Waals surface area contributed by atoms with Crippen LogP contribution in [0.15, 0.2) is 24.2 Å². The second-order valence-electron chi connectivity index (χ2n) is 4.01. The summed E-state index contributed by atoms with van der Waals surface area (Å²) in [6.45, 7) is 0.224. The Labute approximate surface area is 92.2 Å². The highest BCUT2D eigenvalue weighted by Crippen LogP contribution is 2.37. The molecule has 82 valence electrons. The molecule has 0 bridgehead atoms. The molecule has 0 saturated heterocycles. The summed E-state index contributed by atoms with van der Waals surface area (Å²) in [7, 11) is 0. The molecule has 3 rings (SSSR count). The van der Waals surface area contributed by atoms with Crippen molar-refractivity contribution < 1.29 is 5.11 Å². The average Bonchev–Trinajstić information content (AvgIpc) is 2.91. The summed E-state index contributed by atoms with van der Waals surface area (Å²) in [5.41, 5.74) is 7.80. The first-order valence-corrected chi connectivity index (χ1v) is 5.18. The SMILES string of the molecule is Nc1ncnc2c1ccn2C=C1CC1CO. The Morgan fingerprint density at radius 2 is 2.44 bits per heavy atom. The van der Waals surface area contributed by atoms with Crippen LogP contribution < -0.4 is 5.73 Å². The van der Waals surface area contributed by atoms with Gasteiger partial charge in [-0.2, -0.15) is 0 Å². The lowest BCUT2D eigenvalue weighted by atomic mass is 10.4. The van der Waals surface area contributed by atoms with Crippen molar-refractivity contribution in [3.05, 3.63) is 24.2 Å². The fraction of sp³-hybridized carbons (Fsp3) is 0.273. The van der Waals surface area contributed by atoms with E-state index in [1.165, 1.54) is 11.9 Å². The van der Waals surface area contributed by atoms with Gasteiger partial charge in [0.05, 0.1) is 5.39 Å². The van der Waals surface area contributed by atoms with E-state index in [0.29, 0.717) is 11.7 Å². The zero-order chi connectivity index (χ0) is 11.1. The summed E-state index contributed by atoms with van der Waals surface area (Å²) >= 11 is 0. The third-order valence-corrected chi connectivity index (χ3v) is 2.91. The molecule has 0 aliphatic heterocycles. The van der Waals surface area contributed by atoms with E-state index in [1.54, 1.807) is 0 Å². The zero-order valence-electron chi connectivity index (χ0n) is 8.67. The van der Waals surface area contributed by atoms with Crippen LogP contribution in [0, 0.1) is 5.92 Å². The van der Waals surface area contributed by atoms with E-state index in [1.807, 2.05) is 23.0 Å². The van der Waals surface area contributed by atoms with Crippen LogP contribution in [0.4, 0.5) is 5.82 Å². The Hall–Kier alpha value is -1.88. The van der Waals surface area contributed by atoms with Crippen molar-refractivity contribution in [3.63, 3.8) is 0 Å². The molecule has 2 aromatic heterocycles. The Morgan fingerprint density at radius 3 is 3.19 bits per heavy atom. The van der Waals surface area contributed by atoms with Crippen molar-refractivity contribution in [2.24, 2.45) is 5.92 Å². The molecule has 5 nitrogen and oxygen atoms in total. The van der Waals surface area contributed by atoms with Gasteiger partial charge >= 0.3 is 0 Å². The Balaban J connectivity index is 2.06. The van der Waals surface area contributed by atoms with Crippen molar-refractivity contribution in [2.75, 3.05) is 12.3 Å². The summed E-state index contributed by atoms with van der Waals surface area (Å²) < 4.78 is 1.93. The minimum absolute atomic E-state index is 0.224. The van der Waals surface area contributed by atoms with Crippen molar-refractivity contribution in [3.8, 4) is 0 Å². The molecule has 1 atom stereocenters. The van der Waals surface area contributed by atoms with Crippen LogP contribution in [-0.4, -0.2) is 26.2 Å². The number of aliphatic hydroxyl groups is 1. The Bertz CT molecular complexity index is 572. The molecule has 0 radical (unpaired) electrons. The minimum atomic E-state index is 0.224. The smallest absolute Gasteiger partial charge is 0.149 e. The van der Waals surface area contributed by atoms with Gasteiger partial charge < -0.3 is 15.4 Å². The molecule has 1 aliphatic rings. The third-order valence-electron chi connectivity index (χ3n) is 2.91. The molecule has 2 aromatic rings. The number of hydrogen-bond donors (Lipinski definition) is 2. The second kappa shape index (κ2) is 3.31. The van der Waals surface area contributed by atoms with Crippen LogP contribution in [0.5, 0.6) is 0 Å². The Kier molecular flexibility index (Phi) is 1.94. The number of nitrogen functional groups attached to an aromatic ring is 1. The van der Waals surface area contributed by atoms with Crippen LogP contribution in [0.25, 0.3) is 17.2 Å². The van der Waals surface area contributed by atoms with E-state index < -0.39 is 0 Å². The van der Waals surface area contributed by atoms with Crippen molar-refractivity contribution >= 4 is 23.1 Å². The lowest BCUT2D eigenvalue weighted by molar-refractivity contribution is 0.281. The first-order chi connectivity index (χ1) is 7.79. The molecule has 0 amide bonds. The highest BCUT2D eigenvalue weighted by Gasteiger charge is 2.28. The van der Waals surface area contributed by atoms with E-state index in [0.717, 1.165) is 17.5 Å². The third kappa shape index (κ3) is 1.37. The predicted molar refractivity (Wildman–Crippen MR) is 61.4 cm³/mol. The molecular formula is C11H12N4O. The highest BCUT2D eigenvalue weighted by molar-refractivity contribution is 5.87. The average molecular weight is 216 g/mol. The van der Waals surface area contributed by atoms with Gasteiger partial charge in [0.1, 0.15) is 17.8 Å². The maximum Gasteiger partial charge on any atom is 0.149 e. The number of rotatable bonds is 2. The standard InChI is InChI=1S/C11H12N4O/c12-10-9-1-2-15(11(9)14-6-13-10)4-7-3-8(7)5-16/h1-2,4,6,8,16H,3,5H2,(H2,12,13,14). The molecule has 1 unspecified atom stereocenters. The van der Waals surface area contributed by atoms with Gasteiger partial charge in [-0.1, -0.05) is 0 Å². The molecule has 0 spiro atoms. The van der Waals surface area contributed by atoms with Gasteiger partial charge in [-0.15, -0.1) is 0 Å². The van der Waals surface area contributed by atoms with Gasteiger partial charge in [-0.3, -0.25) is 0 Å². The molecule has 3 N–H and O–H groups in total. The molecule has 0 aromatic carbocycles. The second-order valence-corrected chi connectivity index (χ2v) is 4.01. The quantitative estimate of drug-likeness (QED) is 0.780. The first-order valence-electron chi connectivity index (χ1n) is 5.18. The van der Waals surface area contributed by atoms with Gasteiger partial charge in [0.2, 0.25) is 0 Å². The van der Waals surface area contributed by atoms with E-state index in [9.17, 15) is 0 Å². The summed E-state index contributed by atoms with van der Waals surface area (Å²) in [5, 5.41) is 9.83. The van der Waals surface area contributed by atoms with E-state index >= 15 is 0 Å². The normalized spacial score (nSPS) is 21.8. The summed E-state index contributed by atoms with van der Waals surface area (Å²) in [5.74, 6) is 0.827. The number of fused-ring (bicyclic) bond motifs is 1. The maximum absolute atomic E-state index is 8.97. The molecule has 1 saturated carbocycles. The van der Waals surface area contributed by atoms with Crippen molar-refractivity contribution in [1.29, 1.82) is 0 Å². The number of aromatic nitrogens is 3. The van der Waals surface area contributed by atoms with Crippen molar-refractivity contribution in [1.82, 2.24) is 14.5 Å². The summed E-state index contributed by atoms with van der Waals surface area (Å²) in [4.78, 5) is 8.14.